The second-order valence-corrected chi connectivity index (χ2v) is 8.16. The van der Waals surface area contributed by atoms with Crippen molar-refractivity contribution in [2.24, 2.45) is 5.92 Å². The van der Waals surface area contributed by atoms with E-state index in [4.69, 9.17) is 23.2 Å². The maximum absolute atomic E-state index is 12.6. The molecule has 6 heteroatoms. The van der Waals surface area contributed by atoms with E-state index in [0.717, 1.165) is 59.0 Å². The molecule has 1 amide bonds. The molecule has 2 aromatic carbocycles. The second kappa shape index (κ2) is 8.46. The van der Waals surface area contributed by atoms with Crippen molar-refractivity contribution in [2.45, 2.75) is 19.3 Å². The van der Waals surface area contributed by atoms with Gasteiger partial charge in [-0.25, -0.2) is 0 Å². The van der Waals surface area contributed by atoms with E-state index in [1.165, 1.54) is 5.56 Å². The lowest BCUT2D eigenvalue weighted by atomic mass is 9.95. The van der Waals surface area contributed by atoms with Crippen molar-refractivity contribution in [3.05, 3.63) is 64.3 Å². The first-order chi connectivity index (χ1) is 13.6. The van der Waals surface area contributed by atoms with Gasteiger partial charge in [-0.15, -0.1) is 0 Å². The lowest BCUT2D eigenvalue weighted by molar-refractivity contribution is -0.125. The number of nitrogens with one attached hydrogen (secondary N) is 2. The number of aromatic amines is 1. The number of carbonyl (C=O) groups is 1. The zero-order valence-corrected chi connectivity index (χ0v) is 17.1. The summed E-state index contributed by atoms with van der Waals surface area (Å²) < 4.78 is 0. The molecule has 0 bridgehead atoms. The quantitative estimate of drug-likeness (QED) is 0.612. The molecular formula is C22H23Cl2N3O. The highest BCUT2D eigenvalue weighted by Crippen LogP contribution is 2.26. The molecule has 4 nitrogen and oxygen atoms in total. The number of amides is 1. The van der Waals surface area contributed by atoms with Gasteiger partial charge in [0.05, 0.1) is 0 Å². The summed E-state index contributed by atoms with van der Waals surface area (Å²) in [7, 11) is 0. The predicted octanol–water partition coefficient (Wildman–Crippen LogP) is 5.05. The summed E-state index contributed by atoms with van der Waals surface area (Å²) in [6.45, 7) is 2.38. The predicted molar refractivity (Wildman–Crippen MR) is 116 cm³/mol. The zero-order valence-electron chi connectivity index (χ0n) is 15.6. The summed E-state index contributed by atoms with van der Waals surface area (Å²) in [5, 5.41) is 5.70. The monoisotopic (exact) mass is 415 g/mol. The van der Waals surface area contributed by atoms with Gasteiger partial charge in [0.1, 0.15) is 0 Å². The van der Waals surface area contributed by atoms with Gasteiger partial charge in [-0.05, 0) is 61.2 Å². The lowest BCUT2D eigenvalue weighted by Crippen LogP contribution is -2.41. The third-order valence-electron chi connectivity index (χ3n) is 5.46. The summed E-state index contributed by atoms with van der Waals surface area (Å²) in [4.78, 5) is 18.1. The molecule has 146 valence electrons. The molecule has 1 aliphatic rings. The number of halogens is 2. The number of nitrogens with zero attached hydrogens (tertiary/aromatic N) is 1. The minimum Gasteiger partial charge on any atom is -0.371 e. The first-order valence-electron chi connectivity index (χ1n) is 9.64. The molecule has 0 atom stereocenters. The molecular weight excluding hydrogens is 393 g/mol. The molecule has 0 aliphatic carbocycles. The van der Waals surface area contributed by atoms with E-state index in [2.05, 4.69) is 21.3 Å². The molecule has 28 heavy (non-hydrogen) atoms. The van der Waals surface area contributed by atoms with Crippen molar-refractivity contribution in [1.29, 1.82) is 0 Å². The van der Waals surface area contributed by atoms with Gasteiger partial charge in [-0.3, -0.25) is 4.79 Å². The Kier molecular flexibility index (Phi) is 5.79. The normalized spacial score (nSPS) is 15.1. The van der Waals surface area contributed by atoms with Crippen LogP contribution in [0.2, 0.25) is 10.0 Å². The molecule has 3 aromatic rings. The fourth-order valence-electron chi connectivity index (χ4n) is 3.89. The topological polar surface area (TPSA) is 48.1 Å². The molecule has 4 rings (SSSR count). The Hall–Kier alpha value is -2.17. The Labute approximate surface area is 174 Å². The third kappa shape index (κ3) is 4.29. The number of hydrogen-bond donors (Lipinski definition) is 2. The molecule has 2 heterocycles. The Balaban J connectivity index is 1.27. The minimum atomic E-state index is 0.0767. The van der Waals surface area contributed by atoms with Gasteiger partial charge in [-0.1, -0.05) is 29.3 Å². The van der Waals surface area contributed by atoms with E-state index >= 15 is 0 Å². The number of hydrogen-bond acceptors (Lipinski definition) is 2. The Morgan fingerprint density at radius 2 is 1.89 bits per heavy atom. The van der Waals surface area contributed by atoms with Crippen LogP contribution in [0, 0.1) is 5.92 Å². The van der Waals surface area contributed by atoms with Crippen LogP contribution in [0.4, 0.5) is 5.69 Å². The molecule has 1 aliphatic heterocycles. The number of aromatic nitrogens is 1. The lowest BCUT2D eigenvalue weighted by Gasteiger charge is -2.33. The molecule has 1 aromatic heterocycles. The fourth-order valence-corrected chi connectivity index (χ4v) is 4.25. The third-order valence-corrected chi connectivity index (χ3v) is 5.93. The summed E-state index contributed by atoms with van der Waals surface area (Å²) >= 11 is 12.2. The van der Waals surface area contributed by atoms with Gasteiger partial charge in [0.2, 0.25) is 5.91 Å². The molecule has 0 radical (unpaired) electrons. The van der Waals surface area contributed by atoms with Crippen LogP contribution in [0.3, 0.4) is 0 Å². The van der Waals surface area contributed by atoms with Crippen LogP contribution in [-0.2, 0) is 11.2 Å². The highest BCUT2D eigenvalue weighted by atomic mass is 35.5. The van der Waals surface area contributed by atoms with Gasteiger partial charge in [0.15, 0.2) is 0 Å². The Bertz CT molecular complexity index is 977. The van der Waals surface area contributed by atoms with Crippen LogP contribution in [0.15, 0.2) is 48.7 Å². The SMILES string of the molecule is O=C(NCCc1c[nH]c2ccc(Cl)cc12)C1CCN(c2cccc(Cl)c2)CC1. The van der Waals surface area contributed by atoms with Gasteiger partial charge >= 0.3 is 0 Å². The van der Waals surface area contributed by atoms with Gasteiger partial charge in [0, 0.05) is 58.4 Å². The summed E-state index contributed by atoms with van der Waals surface area (Å²) in [5.74, 6) is 0.233. The van der Waals surface area contributed by atoms with Crippen molar-refractivity contribution in [3.8, 4) is 0 Å². The van der Waals surface area contributed by atoms with Gasteiger partial charge < -0.3 is 15.2 Å². The average Bonchev–Trinajstić information content (AvgIpc) is 3.10. The van der Waals surface area contributed by atoms with E-state index in [1.54, 1.807) is 0 Å². The molecule has 1 fully saturated rings. The smallest absolute Gasteiger partial charge is 0.223 e. The van der Waals surface area contributed by atoms with Crippen molar-refractivity contribution in [3.63, 3.8) is 0 Å². The summed E-state index contributed by atoms with van der Waals surface area (Å²) in [6.07, 6.45) is 4.51. The zero-order chi connectivity index (χ0) is 19.5. The van der Waals surface area contributed by atoms with Crippen LogP contribution in [-0.4, -0.2) is 30.5 Å². The van der Waals surface area contributed by atoms with E-state index in [-0.39, 0.29) is 11.8 Å². The second-order valence-electron chi connectivity index (χ2n) is 7.29. The van der Waals surface area contributed by atoms with Crippen molar-refractivity contribution < 1.29 is 4.79 Å². The van der Waals surface area contributed by atoms with Gasteiger partial charge in [-0.2, -0.15) is 0 Å². The molecule has 2 N–H and O–H groups in total. The molecule has 1 saturated heterocycles. The number of H-pyrrole nitrogens is 1. The van der Waals surface area contributed by atoms with Crippen LogP contribution in [0.25, 0.3) is 10.9 Å². The first-order valence-corrected chi connectivity index (χ1v) is 10.4. The minimum absolute atomic E-state index is 0.0767. The Morgan fingerprint density at radius 1 is 1.11 bits per heavy atom. The highest BCUT2D eigenvalue weighted by Gasteiger charge is 2.25. The maximum Gasteiger partial charge on any atom is 0.223 e. The maximum atomic E-state index is 12.6. The number of fused-ring (bicyclic) bond motifs is 1. The van der Waals surface area contributed by atoms with E-state index in [9.17, 15) is 4.79 Å². The molecule has 0 saturated carbocycles. The highest BCUT2D eigenvalue weighted by molar-refractivity contribution is 6.31. The number of benzene rings is 2. The number of anilines is 1. The van der Waals surface area contributed by atoms with Gasteiger partial charge in [0.25, 0.3) is 0 Å². The standard InChI is InChI=1S/C22H23Cl2N3O/c23-17-2-1-3-19(12-17)27-10-7-15(8-11-27)22(28)25-9-6-16-14-26-21-5-4-18(24)13-20(16)21/h1-5,12-15,26H,6-11H2,(H,25,28). The van der Waals surface area contributed by atoms with Crippen LogP contribution < -0.4 is 10.2 Å². The van der Waals surface area contributed by atoms with Crippen molar-refractivity contribution in [1.82, 2.24) is 10.3 Å². The van der Waals surface area contributed by atoms with Crippen LogP contribution in [0.1, 0.15) is 18.4 Å². The number of rotatable bonds is 5. The van der Waals surface area contributed by atoms with E-state index in [1.807, 2.05) is 42.6 Å². The van der Waals surface area contributed by atoms with Crippen molar-refractivity contribution in [2.75, 3.05) is 24.5 Å². The summed E-state index contributed by atoms with van der Waals surface area (Å²) in [5.41, 5.74) is 3.37. The average molecular weight is 416 g/mol. The van der Waals surface area contributed by atoms with E-state index < -0.39 is 0 Å². The number of piperidine rings is 1. The van der Waals surface area contributed by atoms with Crippen molar-refractivity contribution >= 4 is 45.7 Å². The van der Waals surface area contributed by atoms with Crippen LogP contribution >= 0.6 is 23.2 Å². The number of carbonyl (C=O) groups excluding carboxylic acids is 1. The molecule has 0 spiro atoms. The molecule has 0 unspecified atom stereocenters. The van der Waals surface area contributed by atoms with Crippen LogP contribution in [0.5, 0.6) is 0 Å². The Morgan fingerprint density at radius 3 is 2.68 bits per heavy atom. The summed E-state index contributed by atoms with van der Waals surface area (Å²) in [6, 6.07) is 13.7. The van der Waals surface area contributed by atoms with E-state index in [0.29, 0.717) is 6.54 Å². The fraction of sp³-hybridized carbons (Fsp3) is 0.318. The first kappa shape index (κ1) is 19.2. The largest absolute Gasteiger partial charge is 0.371 e.